The van der Waals surface area contributed by atoms with Gasteiger partial charge in [0, 0.05) is 11.5 Å². The molecule has 3 aromatic rings. The van der Waals surface area contributed by atoms with Gasteiger partial charge in [-0.1, -0.05) is 56.1 Å². The highest BCUT2D eigenvalue weighted by Crippen LogP contribution is 2.35. The van der Waals surface area contributed by atoms with E-state index in [9.17, 15) is 18.0 Å². The van der Waals surface area contributed by atoms with Crippen LogP contribution in [0, 0.1) is 6.92 Å². The third-order valence-corrected chi connectivity index (χ3v) is 5.05. The summed E-state index contributed by atoms with van der Waals surface area (Å²) in [7, 11) is 0. The molecule has 0 atom stereocenters. The molecule has 0 radical (unpaired) electrons. The third-order valence-electron chi connectivity index (χ3n) is 4.72. The summed E-state index contributed by atoms with van der Waals surface area (Å²) in [4.78, 5) is 12.7. The third kappa shape index (κ3) is 5.47. The number of benzene rings is 2. The Labute approximate surface area is 184 Å². The first-order valence-electron chi connectivity index (χ1n) is 9.67. The Morgan fingerprint density at radius 3 is 2.29 bits per heavy atom. The molecule has 2 aromatic carbocycles. The van der Waals surface area contributed by atoms with Crippen molar-refractivity contribution in [2.45, 2.75) is 45.7 Å². The van der Waals surface area contributed by atoms with Crippen molar-refractivity contribution in [3.8, 4) is 5.69 Å². The predicted molar refractivity (Wildman–Crippen MR) is 116 cm³/mol. The largest absolute Gasteiger partial charge is 0.417 e. The Bertz CT molecular complexity index is 1100. The van der Waals surface area contributed by atoms with Crippen LogP contribution in [0.3, 0.4) is 0 Å². The van der Waals surface area contributed by atoms with Crippen molar-refractivity contribution in [3.05, 3.63) is 75.9 Å². The quantitative estimate of drug-likeness (QED) is 0.505. The zero-order valence-corrected chi connectivity index (χ0v) is 18.4. The van der Waals surface area contributed by atoms with Crippen LogP contribution in [0.2, 0.25) is 5.02 Å². The molecule has 0 saturated heterocycles. The van der Waals surface area contributed by atoms with E-state index in [1.807, 2.05) is 52.0 Å². The van der Waals surface area contributed by atoms with Crippen LogP contribution >= 0.6 is 11.6 Å². The standard InChI is InChI=1S/C23H23ClF3N3O/c1-14-5-8-16(9-6-14)30-20(13-19(29-30)22(2,3)4)28-21(31)12-15-7-10-18(24)17(11-15)23(25,26)27/h5-11,13H,12H2,1-4H3,(H,28,31). The molecule has 0 aliphatic heterocycles. The van der Waals surface area contributed by atoms with Gasteiger partial charge >= 0.3 is 6.18 Å². The lowest BCUT2D eigenvalue weighted by atomic mass is 9.92. The zero-order valence-electron chi connectivity index (χ0n) is 17.6. The van der Waals surface area contributed by atoms with E-state index in [0.717, 1.165) is 29.1 Å². The summed E-state index contributed by atoms with van der Waals surface area (Å²) >= 11 is 5.66. The number of rotatable bonds is 4. The van der Waals surface area contributed by atoms with E-state index in [1.165, 1.54) is 6.07 Å². The number of aromatic nitrogens is 2. The fourth-order valence-corrected chi connectivity index (χ4v) is 3.22. The van der Waals surface area contributed by atoms with Gasteiger partial charge in [-0.15, -0.1) is 0 Å². The van der Waals surface area contributed by atoms with Crippen molar-refractivity contribution in [1.29, 1.82) is 0 Å². The van der Waals surface area contributed by atoms with Crippen LogP contribution < -0.4 is 5.32 Å². The molecule has 1 heterocycles. The molecule has 0 aliphatic rings. The average Bonchev–Trinajstić information content (AvgIpc) is 3.07. The van der Waals surface area contributed by atoms with Crippen LogP contribution in [-0.4, -0.2) is 15.7 Å². The highest BCUT2D eigenvalue weighted by atomic mass is 35.5. The fourth-order valence-electron chi connectivity index (χ4n) is 2.99. The number of alkyl halides is 3. The van der Waals surface area contributed by atoms with E-state index in [1.54, 1.807) is 10.7 Å². The van der Waals surface area contributed by atoms with Gasteiger partial charge in [-0.3, -0.25) is 4.79 Å². The fraction of sp³-hybridized carbons (Fsp3) is 0.304. The maximum atomic E-state index is 13.1. The summed E-state index contributed by atoms with van der Waals surface area (Å²) in [6.45, 7) is 7.99. The molecule has 1 N–H and O–H groups in total. The van der Waals surface area contributed by atoms with Gasteiger partial charge in [-0.05, 0) is 36.8 Å². The molecule has 0 saturated carbocycles. The number of carbonyl (C=O) groups excluding carboxylic acids is 1. The molecular weight excluding hydrogens is 427 g/mol. The number of hydrogen-bond donors (Lipinski definition) is 1. The molecule has 1 aromatic heterocycles. The summed E-state index contributed by atoms with van der Waals surface area (Å²) in [5.74, 6) is -0.00652. The molecule has 164 valence electrons. The lowest BCUT2D eigenvalue weighted by Gasteiger charge is -2.14. The Morgan fingerprint density at radius 1 is 1.06 bits per heavy atom. The van der Waals surface area contributed by atoms with E-state index < -0.39 is 22.7 Å². The van der Waals surface area contributed by atoms with Crippen molar-refractivity contribution in [2.24, 2.45) is 0 Å². The second kappa shape index (κ2) is 8.38. The van der Waals surface area contributed by atoms with Crippen molar-refractivity contribution >= 4 is 23.3 Å². The molecule has 1 amide bonds. The van der Waals surface area contributed by atoms with Gasteiger partial charge in [-0.25, -0.2) is 4.68 Å². The summed E-state index contributed by atoms with van der Waals surface area (Å²) < 4.78 is 40.9. The number of nitrogens with one attached hydrogen (secondary N) is 1. The van der Waals surface area contributed by atoms with Crippen molar-refractivity contribution in [2.75, 3.05) is 5.32 Å². The molecule has 0 spiro atoms. The molecule has 0 bridgehead atoms. The van der Waals surface area contributed by atoms with Gasteiger partial charge in [0.1, 0.15) is 5.82 Å². The predicted octanol–water partition coefficient (Wildman–Crippen LogP) is 6.33. The second-order valence-electron chi connectivity index (χ2n) is 8.45. The number of hydrogen-bond acceptors (Lipinski definition) is 2. The lowest BCUT2D eigenvalue weighted by molar-refractivity contribution is -0.137. The smallest absolute Gasteiger partial charge is 0.310 e. The lowest BCUT2D eigenvalue weighted by Crippen LogP contribution is -2.17. The molecule has 31 heavy (non-hydrogen) atoms. The van der Waals surface area contributed by atoms with Gasteiger partial charge in [0.15, 0.2) is 0 Å². The van der Waals surface area contributed by atoms with E-state index in [2.05, 4.69) is 10.4 Å². The number of carbonyl (C=O) groups is 1. The Morgan fingerprint density at radius 2 is 1.71 bits per heavy atom. The summed E-state index contributed by atoms with van der Waals surface area (Å²) in [5, 5.41) is 7.02. The van der Waals surface area contributed by atoms with Gasteiger partial charge in [-0.2, -0.15) is 18.3 Å². The molecule has 8 heteroatoms. The van der Waals surface area contributed by atoms with Crippen LogP contribution in [-0.2, 0) is 22.8 Å². The van der Waals surface area contributed by atoms with Gasteiger partial charge in [0.05, 0.1) is 28.4 Å². The average molecular weight is 450 g/mol. The number of halogens is 4. The highest BCUT2D eigenvalue weighted by Gasteiger charge is 2.33. The zero-order chi connectivity index (χ0) is 23.0. The normalized spacial score (nSPS) is 12.1. The maximum absolute atomic E-state index is 13.1. The first-order valence-corrected chi connectivity index (χ1v) is 10.1. The minimum atomic E-state index is -4.59. The topological polar surface area (TPSA) is 46.9 Å². The second-order valence-corrected chi connectivity index (χ2v) is 8.86. The van der Waals surface area contributed by atoms with E-state index in [4.69, 9.17) is 11.6 Å². The van der Waals surface area contributed by atoms with Gasteiger partial charge in [0.2, 0.25) is 5.91 Å². The summed E-state index contributed by atoms with van der Waals surface area (Å²) in [6.07, 6.45) is -4.82. The highest BCUT2D eigenvalue weighted by molar-refractivity contribution is 6.31. The molecule has 4 nitrogen and oxygen atoms in total. The minimum absolute atomic E-state index is 0.215. The summed E-state index contributed by atoms with van der Waals surface area (Å²) in [6, 6.07) is 12.9. The number of aryl methyl sites for hydroxylation is 1. The number of amides is 1. The van der Waals surface area contributed by atoms with Crippen LogP contribution in [0.25, 0.3) is 5.69 Å². The van der Waals surface area contributed by atoms with Crippen molar-refractivity contribution in [3.63, 3.8) is 0 Å². The minimum Gasteiger partial charge on any atom is -0.310 e. The number of nitrogens with zero attached hydrogens (tertiary/aromatic N) is 2. The molecule has 0 aliphatic carbocycles. The van der Waals surface area contributed by atoms with Crippen molar-refractivity contribution < 1.29 is 18.0 Å². The Balaban J connectivity index is 1.89. The first kappa shape index (κ1) is 22.9. The Kier molecular flexibility index (Phi) is 6.18. The van der Waals surface area contributed by atoms with Crippen LogP contribution in [0.5, 0.6) is 0 Å². The van der Waals surface area contributed by atoms with E-state index in [0.29, 0.717) is 5.82 Å². The molecule has 0 fully saturated rings. The summed E-state index contributed by atoms with van der Waals surface area (Å²) in [5.41, 5.74) is 1.62. The van der Waals surface area contributed by atoms with Crippen LogP contribution in [0.1, 0.15) is 43.2 Å². The molecule has 0 unspecified atom stereocenters. The van der Waals surface area contributed by atoms with Gasteiger partial charge < -0.3 is 5.32 Å². The van der Waals surface area contributed by atoms with Crippen LogP contribution in [0.15, 0.2) is 48.5 Å². The van der Waals surface area contributed by atoms with Crippen molar-refractivity contribution in [1.82, 2.24) is 9.78 Å². The van der Waals surface area contributed by atoms with E-state index >= 15 is 0 Å². The molecular formula is C23H23ClF3N3O. The SMILES string of the molecule is Cc1ccc(-n2nc(C(C)(C)C)cc2NC(=O)Cc2ccc(Cl)c(C(F)(F)F)c2)cc1. The Hall–Kier alpha value is -2.80. The monoisotopic (exact) mass is 449 g/mol. The van der Waals surface area contributed by atoms with Gasteiger partial charge in [0.25, 0.3) is 0 Å². The number of anilines is 1. The van der Waals surface area contributed by atoms with E-state index in [-0.39, 0.29) is 17.4 Å². The maximum Gasteiger partial charge on any atom is 0.417 e. The molecule has 3 rings (SSSR count). The van der Waals surface area contributed by atoms with Crippen LogP contribution in [0.4, 0.5) is 19.0 Å². The first-order chi connectivity index (χ1) is 14.3.